The standard InChI is InChI=1S/C12H18BrNOS/c1-8(2)9(3)16(15)7-10-5-4-6-11(14)12(10)13/h4-6,8-9H,7,14H2,1-3H3. The van der Waals surface area contributed by atoms with Gasteiger partial charge in [-0.05, 0) is 33.5 Å². The van der Waals surface area contributed by atoms with Gasteiger partial charge in [0.25, 0.3) is 0 Å². The van der Waals surface area contributed by atoms with E-state index in [1.807, 2.05) is 25.1 Å². The molecule has 0 radical (unpaired) electrons. The summed E-state index contributed by atoms with van der Waals surface area (Å²) in [5.74, 6) is 0.992. The van der Waals surface area contributed by atoms with Crippen molar-refractivity contribution in [3.63, 3.8) is 0 Å². The first-order valence-corrected chi connectivity index (χ1v) is 7.51. The Hall–Kier alpha value is -0.350. The molecule has 0 bridgehead atoms. The first kappa shape index (κ1) is 13.7. The maximum Gasteiger partial charge on any atom is 0.0500 e. The Kier molecular flexibility index (Phi) is 4.99. The lowest BCUT2D eigenvalue weighted by atomic mass is 10.2. The second-order valence-corrected chi connectivity index (χ2v) is 6.88. The number of nitrogen functional groups attached to an aromatic ring is 1. The van der Waals surface area contributed by atoms with Crippen LogP contribution in [0.3, 0.4) is 0 Å². The van der Waals surface area contributed by atoms with Gasteiger partial charge >= 0.3 is 0 Å². The summed E-state index contributed by atoms with van der Waals surface area (Å²) in [6.07, 6.45) is 0. The summed E-state index contributed by atoms with van der Waals surface area (Å²) in [7, 11) is -0.850. The fraction of sp³-hybridized carbons (Fsp3) is 0.500. The Bertz CT molecular complexity index is 393. The number of hydrogen-bond acceptors (Lipinski definition) is 2. The van der Waals surface area contributed by atoms with Gasteiger partial charge in [0.1, 0.15) is 0 Å². The molecule has 16 heavy (non-hydrogen) atoms. The maximum atomic E-state index is 12.1. The Labute approximate surface area is 108 Å². The molecule has 0 heterocycles. The summed E-state index contributed by atoms with van der Waals surface area (Å²) >= 11 is 3.44. The topological polar surface area (TPSA) is 43.1 Å². The minimum atomic E-state index is -0.850. The molecule has 1 aromatic rings. The van der Waals surface area contributed by atoms with Crippen LogP contribution in [0.5, 0.6) is 0 Å². The third-order valence-electron chi connectivity index (χ3n) is 2.76. The second kappa shape index (κ2) is 5.82. The minimum Gasteiger partial charge on any atom is -0.398 e. The summed E-state index contributed by atoms with van der Waals surface area (Å²) < 4.78 is 12.9. The van der Waals surface area contributed by atoms with Crippen LogP contribution in [0.2, 0.25) is 0 Å². The maximum absolute atomic E-state index is 12.1. The molecule has 2 nitrogen and oxygen atoms in total. The molecule has 0 spiro atoms. The zero-order valence-corrected chi connectivity index (χ0v) is 12.3. The van der Waals surface area contributed by atoms with Crippen LogP contribution in [-0.4, -0.2) is 9.46 Å². The number of benzene rings is 1. The number of rotatable bonds is 4. The monoisotopic (exact) mass is 303 g/mol. The van der Waals surface area contributed by atoms with Crippen LogP contribution in [0.1, 0.15) is 26.3 Å². The molecule has 2 unspecified atom stereocenters. The molecule has 0 aliphatic rings. The highest BCUT2D eigenvalue weighted by molar-refractivity contribution is 9.10. The molecule has 0 aliphatic carbocycles. The highest BCUT2D eigenvalue weighted by Gasteiger charge is 2.16. The fourth-order valence-electron chi connectivity index (χ4n) is 1.30. The number of anilines is 1. The average Bonchev–Trinajstić information content (AvgIpc) is 2.23. The summed E-state index contributed by atoms with van der Waals surface area (Å²) in [4.78, 5) is 0. The van der Waals surface area contributed by atoms with Gasteiger partial charge in [-0.2, -0.15) is 0 Å². The van der Waals surface area contributed by atoms with E-state index >= 15 is 0 Å². The van der Waals surface area contributed by atoms with E-state index in [4.69, 9.17) is 5.73 Å². The minimum absolute atomic E-state index is 0.202. The second-order valence-electron chi connectivity index (χ2n) is 4.29. The summed E-state index contributed by atoms with van der Waals surface area (Å²) in [5.41, 5.74) is 7.51. The highest BCUT2D eigenvalue weighted by atomic mass is 79.9. The summed E-state index contributed by atoms with van der Waals surface area (Å²) in [5, 5.41) is 0.202. The van der Waals surface area contributed by atoms with Crippen molar-refractivity contribution < 1.29 is 4.21 Å². The van der Waals surface area contributed by atoms with Gasteiger partial charge in [0, 0.05) is 32.0 Å². The Morgan fingerprint density at radius 3 is 2.56 bits per heavy atom. The van der Waals surface area contributed by atoms with Crippen LogP contribution in [-0.2, 0) is 16.6 Å². The Morgan fingerprint density at radius 1 is 1.38 bits per heavy atom. The molecule has 4 heteroatoms. The first-order chi connectivity index (χ1) is 7.43. The van der Waals surface area contributed by atoms with Crippen LogP contribution < -0.4 is 5.73 Å². The van der Waals surface area contributed by atoms with Crippen molar-refractivity contribution in [1.29, 1.82) is 0 Å². The van der Waals surface area contributed by atoms with Gasteiger partial charge in [-0.3, -0.25) is 4.21 Å². The van der Waals surface area contributed by atoms with E-state index in [2.05, 4.69) is 29.8 Å². The lowest BCUT2D eigenvalue weighted by Crippen LogP contribution is -2.19. The van der Waals surface area contributed by atoms with Crippen molar-refractivity contribution in [2.24, 2.45) is 5.92 Å². The average molecular weight is 304 g/mol. The van der Waals surface area contributed by atoms with Crippen molar-refractivity contribution in [1.82, 2.24) is 0 Å². The number of hydrogen-bond donors (Lipinski definition) is 1. The largest absolute Gasteiger partial charge is 0.398 e. The summed E-state index contributed by atoms with van der Waals surface area (Å²) in [6, 6.07) is 5.69. The molecular formula is C12H18BrNOS. The van der Waals surface area contributed by atoms with E-state index in [9.17, 15) is 4.21 Å². The van der Waals surface area contributed by atoms with Crippen molar-refractivity contribution in [2.45, 2.75) is 31.8 Å². The number of nitrogens with two attached hydrogens (primary N) is 1. The predicted molar refractivity (Wildman–Crippen MR) is 74.7 cm³/mol. The smallest absolute Gasteiger partial charge is 0.0500 e. The molecule has 0 saturated heterocycles. The van der Waals surface area contributed by atoms with Gasteiger partial charge in [0.15, 0.2) is 0 Å². The van der Waals surface area contributed by atoms with Crippen molar-refractivity contribution in [2.75, 3.05) is 5.73 Å². The van der Waals surface area contributed by atoms with E-state index in [1.165, 1.54) is 0 Å². The molecule has 1 aromatic carbocycles. The molecule has 2 N–H and O–H groups in total. The van der Waals surface area contributed by atoms with Gasteiger partial charge in [-0.25, -0.2) is 0 Å². The lowest BCUT2D eigenvalue weighted by molar-refractivity contribution is 0.605. The zero-order valence-electron chi connectivity index (χ0n) is 9.87. The van der Waals surface area contributed by atoms with E-state index < -0.39 is 10.8 Å². The molecule has 0 amide bonds. The van der Waals surface area contributed by atoms with Gasteiger partial charge in [0.05, 0.1) is 0 Å². The normalized spacial score (nSPS) is 15.1. The quantitative estimate of drug-likeness (QED) is 0.867. The van der Waals surface area contributed by atoms with Gasteiger partial charge in [0.2, 0.25) is 0 Å². The third kappa shape index (κ3) is 3.32. The van der Waals surface area contributed by atoms with E-state index in [1.54, 1.807) is 0 Å². The first-order valence-electron chi connectivity index (χ1n) is 5.33. The lowest BCUT2D eigenvalue weighted by Gasteiger charge is -2.15. The van der Waals surface area contributed by atoms with Crippen molar-refractivity contribution in [3.8, 4) is 0 Å². The highest BCUT2D eigenvalue weighted by Crippen LogP contribution is 2.26. The molecule has 90 valence electrons. The van der Waals surface area contributed by atoms with Crippen LogP contribution in [0, 0.1) is 5.92 Å². The van der Waals surface area contributed by atoms with Gasteiger partial charge in [-0.1, -0.05) is 32.9 Å². The third-order valence-corrected chi connectivity index (χ3v) is 5.70. The van der Waals surface area contributed by atoms with Crippen LogP contribution in [0.25, 0.3) is 0 Å². The van der Waals surface area contributed by atoms with Crippen LogP contribution >= 0.6 is 15.9 Å². The van der Waals surface area contributed by atoms with Gasteiger partial charge < -0.3 is 5.73 Å². The van der Waals surface area contributed by atoms with Crippen molar-refractivity contribution >= 4 is 32.4 Å². The van der Waals surface area contributed by atoms with Gasteiger partial charge in [-0.15, -0.1) is 0 Å². The molecule has 0 aliphatic heterocycles. The molecule has 0 saturated carbocycles. The Balaban J connectivity index is 2.81. The zero-order chi connectivity index (χ0) is 12.3. The van der Waals surface area contributed by atoms with E-state index in [0.717, 1.165) is 10.0 Å². The fourth-order valence-corrected chi connectivity index (χ4v) is 3.31. The van der Waals surface area contributed by atoms with E-state index in [0.29, 0.717) is 17.4 Å². The molecule has 1 rings (SSSR count). The Morgan fingerprint density at radius 2 is 2.00 bits per heavy atom. The van der Waals surface area contributed by atoms with Crippen molar-refractivity contribution in [3.05, 3.63) is 28.2 Å². The summed E-state index contributed by atoms with van der Waals surface area (Å²) in [6.45, 7) is 6.22. The van der Waals surface area contributed by atoms with Crippen LogP contribution in [0.15, 0.2) is 22.7 Å². The predicted octanol–water partition coefficient (Wildman–Crippen LogP) is 3.32. The SMILES string of the molecule is CC(C)C(C)S(=O)Cc1cccc(N)c1Br. The van der Waals surface area contributed by atoms with Crippen LogP contribution in [0.4, 0.5) is 5.69 Å². The number of halogens is 1. The molecule has 0 fully saturated rings. The molecule has 0 aromatic heterocycles. The molecular weight excluding hydrogens is 286 g/mol. The molecule has 2 atom stereocenters. The van der Waals surface area contributed by atoms with E-state index in [-0.39, 0.29) is 5.25 Å².